The van der Waals surface area contributed by atoms with E-state index in [9.17, 15) is 14.7 Å². The van der Waals surface area contributed by atoms with Crippen LogP contribution in [0, 0.1) is 6.92 Å². The number of aromatic hydroxyl groups is 1. The maximum absolute atomic E-state index is 12.3. The van der Waals surface area contributed by atoms with Gasteiger partial charge in [-0.05, 0) is 44.4 Å². The van der Waals surface area contributed by atoms with Gasteiger partial charge in [-0.15, -0.1) is 0 Å². The third-order valence-electron chi connectivity index (χ3n) is 3.92. The van der Waals surface area contributed by atoms with E-state index in [1.54, 1.807) is 17.9 Å². The quantitative estimate of drug-likeness (QED) is 0.872. The van der Waals surface area contributed by atoms with Crippen molar-refractivity contribution in [2.45, 2.75) is 45.6 Å². The second kappa shape index (κ2) is 7.29. The van der Waals surface area contributed by atoms with Crippen molar-refractivity contribution < 1.29 is 19.4 Å². The first-order chi connectivity index (χ1) is 10.5. The fourth-order valence-corrected chi connectivity index (χ4v) is 2.64. The lowest BCUT2D eigenvalue weighted by Gasteiger charge is -2.24. The highest BCUT2D eigenvalue weighted by atomic mass is 16.5. The molecule has 0 spiro atoms. The molecule has 1 atom stereocenters. The molecule has 1 aliphatic rings. The molecule has 1 saturated heterocycles. The van der Waals surface area contributed by atoms with Crippen molar-refractivity contribution in [3.8, 4) is 5.75 Å². The van der Waals surface area contributed by atoms with Gasteiger partial charge in [0, 0.05) is 13.1 Å². The monoisotopic (exact) mass is 305 g/mol. The van der Waals surface area contributed by atoms with Crippen LogP contribution >= 0.6 is 0 Å². The van der Waals surface area contributed by atoms with E-state index in [1.165, 1.54) is 12.1 Å². The molecule has 0 unspecified atom stereocenters. The normalized spacial score (nSPS) is 16.7. The predicted octanol–water partition coefficient (Wildman–Crippen LogP) is 2.65. The summed E-state index contributed by atoms with van der Waals surface area (Å²) in [5.74, 6) is -0.963. The van der Waals surface area contributed by atoms with Crippen LogP contribution in [0.25, 0.3) is 0 Å². The number of aryl methyl sites for hydroxylation is 1. The van der Waals surface area contributed by atoms with Crippen molar-refractivity contribution in [3.05, 3.63) is 29.3 Å². The lowest BCUT2D eigenvalue weighted by atomic mass is 10.1. The smallest absolute Gasteiger partial charge is 0.342 e. The molecular formula is C17H23NO4. The number of phenolic OH excluding ortho intramolecular Hbond substituents is 1. The molecule has 22 heavy (non-hydrogen) atoms. The summed E-state index contributed by atoms with van der Waals surface area (Å²) < 4.78 is 5.22. The van der Waals surface area contributed by atoms with Crippen molar-refractivity contribution in [2.75, 3.05) is 13.1 Å². The SMILES string of the molecule is Cc1ccc(C(=O)O[C@H](C)C(=O)N2CCCCCC2)c(O)c1. The summed E-state index contributed by atoms with van der Waals surface area (Å²) in [5.41, 5.74) is 0.934. The Morgan fingerprint density at radius 1 is 1.18 bits per heavy atom. The number of hydrogen-bond donors (Lipinski definition) is 1. The molecule has 1 heterocycles. The number of ether oxygens (including phenoxy) is 1. The summed E-state index contributed by atoms with van der Waals surface area (Å²) in [5, 5.41) is 9.80. The molecule has 1 aliphatic heterocycles. The molecule has 1 fully saturated rings. The van der Waals surface area contributed by atoms with Gasteiger partial charge in [0.1, 0.15) is 11.3 Å². The highest BCUT2D eigenvalue weighted by molar-refractivity contribution is 5.94. The van der Waals surface area contributed by atoms with E-state index < -0.39 is 12.1 Å². The number of benzene rings is 1. The molecule has 0 aromatic heterocycles. The number of nitrogens with zero attached hydrogens (tertiary/aromatic N) is 1. The lowest BCUT2D eigenvalue weighted by molar-refractivity contribution is -0.139. The Kier molecular flexibility index (Phi) is 5.41. The molecule has 0 aliphatic carbocycles. The molecule has 2 rings (SSSR count). The van der Waals surface area contributed by atoms with Crippen molar-refractivity contribution >= 4 is 11.9 Å². The largest absolute Gasteiger partial charge is 0.507 e. The Hall–Kier alpha value is -2.04. The third kappa shape index (κ3) is 4.00. The summed E-state index contributed by atoms with van der Waals surface area (Å²) in [7, 11) is 0. The van der Waals surface area contributed by atoms with Gasteiger partial charge in [-0.1, -0.05) is 18.9 Å². The van der Waals surface area contributed by atoms with Crippen LogP contribution in [0.2, 0.25) is 0 Å². The number of phenols is 1. The average Bonchev–Trinajstić information content (AvgIpc) is 2.75. The van der Waals surface area contributed by atoms with E-state index in [0.717, 1.165) is 44.3 Å². The van der Waals surface area contributed by atoms with Crippen LogP contribution in [0.5, 0.6) is 5.75 Å². The molecule has 0 bridgehead atoms. The van der Waals surface area contributed by atoms with Crippen LogP contribution in [0.15, 0.2) is 18.2 Å². The van der Waals surface area contributed by atoms with Gasteiger partial charge in [-0.2, -0.15) is 0 Å². The van der Waals surface area contributed by atoms with Crippen molar-refractivity contribution in [1.29, 1.82) is 0 Å². The van der Waals surface area contributed by atoms with Crippen molar-refractivity contribution in [3.63, 3.8) is 0 Å². The number of carbonyl (C=O) groups is 2. The zero-order valence-electron chi connectivity index (χ0n) is 13.2. The zero-order valence-corrected chi connectivity index (χ0v) is 13.2. The Bertz CT molecular complexity index is 548. The number of carbonyl (C=O) groups excluding carboxylic acids is 2. The van der Waals surface area contributed by atoms with E-state index in [2.05, 4.69) is 0 Å². The van der Waals surface area contributed by atoms with E-state index in [4.69, 9.17) is 4.74 Å². The average molecular weight is 305 g/mol. The summed E-state index contributed by atoms with van der Waals surface area (Å²) in [4.78, 5) is 26.2. The van der Waals surface area contributed by atoms with Crippen LogP contribution in [0.3, 0.4) is 0 Å². The lowest BCUT2D eigenvalue weighted by Crippen LogP contribution is -2.40. The fraction of sp³-hybridized carbons (Fsp3) is 0.529. The van der Waals surface area contributed by atoms with E-state index in [0.29, 0.717) is 0 Å². The van der Waals surface area contributed by atoms with Gasteiger partial charge in [0.05, 0.1) is 0 Å². The first-order valence-corrected chi connectivity index (χ1v) is 7.78. The molecule has 1 aromatic carbocycles. The maximum atomic E-state index is 12.3. The standard InChI is InChI=1S/C17H23NO4/c1-12-7-8-14(15(19)11-12)17(21)22-13(2)16(20)18-9-5-3-4-6-10-18/h7-8,11,13,19H,3-6,9-10H2,1-2H3/t13-/m1/s1. The van der Waals surface area contributed by atoms with Crippen molar-refractivity contribution in [1.82, 2.24) is 4.90 Å². The highest BCUT2D eigenvalue weighted by Gasteiger charge is 2.25. The number of amides is 1. The van der Waals surface area contributed by atoms with Gasteiger partial charge >= 0.3 is 5.97 Å². The van der Waals surface area contributed by atoms with Gasteiger partial charge in [-0.3, -0.25) is 4.79 Å². The third-order valence-corrected chi connectivity index (χ3v) is 3.92. The molecular weight excluding hydrogens is 282 g/mol. The van der Waals surface area contributed by atoms with Gasteiger partial charge in [0.25, 0.3) is 5.91 Å². The molecule has 5 heteroatoms. The Labute approximate surface area is 130 Å². The van der Waals surface area contributed by atoms with Crippen LogP contribution < -0.4 is 0 Å². The minimum Gasteiger partial charge on any atom is -0.507 e. The number of hydrogen-bond acceptors (Lipinski definition) is 4. The topological polar surface area (TPSA) is 66.8 Å². The van der Waals surface area contributed by atoms with Gasteiger partial charge in [0.15, 0.2) is 6.10 Å². The van der Waals surface area contributed by atoms with Gasteiger partial charge < -0.3 is 14.7 Å². The summed E-state index contributed by atoms with van der Waals surface area (Å²) >= 11 is 0. The van der Waals surface area contributed by atoms with Gasteiger partial charge in [-0.25, -0.2) is 4.79 Å². The van der Waals surface area contributed by atoms with Crippen LogP contribution in [0.4, 0.5) is 0 Å². The number of esters is 1. The minimum absolute atomic E-state index is 0.0844. The zero-order chi connectivity index (χ0) is 16.1. The van der Waals surface area contributed by atoms with E-state index >= 15 is 0 Å². The van der Waals surface area contributed by atoms with Gasteiger partial charge in [0.2, 0.25) is 0 Å². The van der Waals surface area contributed by atoms with E-state index in [-0.39, 0.29) is 17.2 Å². The predicted molar refractivity (Wildman–Crippen MR) is 82.8 cm³/mol. The molecule has 1 aromatic rings. The summed E-state index contributed by atoms with van der Waals surface area (Å²) in [6.45, 7) is 4.84. The van der Waals surface area contributed by atoms with Crippen LogP contribution in [-0.4, -0.2) is 41.1 Å². The van der Waals surface area contributed by atoms with E-state index in [1.807, 2.05) is 6.92 Å². The molecule has 1 amide bonds. The second-order valence-corrected chi connectivity index (χ2v) is 5.81. The summed E-state index contributed by atoms with van der Waals surface area (Å²) in [6, 6.07) is 4.73. The Morgan fingerprint density at radius 2 is 1.82 bits per heavy atom. The van der Waals surface area contributed by atoms with Crippen LogP contribution in [0.1, 0.15) is 48.5 Å². The van der Waals surface area contributed by atoms with Crippen molar-refractivity contribution in [2.24, 2.45) is 0 Å². The maximum Gasteiger partial charge on any atom is 0.342 e. The summed E-state index contributed by atoms with van der Waals surface area (Å²) in [6.07, 6.45) is 3.41. The molecule has 120 valence electrons. The Morgan fingerprint density at radius 3 is 2.41 bits per heavy atom. The number of likely N-dealkylation sites (tertiary alicyclic amines) is 1. The molecule has 1 N–H and O–H groups in total. The first kappa shape index (κ1) is 16.3. The minimum atomic E-state index is -0.841. The second-order valence-electron chi connectivity index (χ2n) is 5.81. The molecule has 0 saturated carbocycles. The highest BCUT2D eigenvalue weighted by Crippen LogP contribution is 2.20. The molecule has 0 radical (unpaired) electrons. The van der Waals surface area contributed by atoms with Crippen LogP contribution in [-0.2, 0) is 9.53 Å². The first-order valence-electron chi connectivity index (χ1n) is 7.78. The molecule has 5 nitrogen and oxygen atoms in total. The number of rotatable bonds is 3. The fourth-order valence-electron chi connectivity index (χ4n) is 2.64. The Balaban J connectivity index is 1.99.